The van der Waals surface area contributed by atoms with Crippen molar-refractivity contribution in [3.05, 3.63) is 101 Å². The van der Waals surface area contributed by atoms with E-state index >= 15 is 0 Å². The summed E-state index contributed by atoms with van der Waals surface area (Å²) in [6.45, 7) is 1.37. The molecule has 4 rings (SSSR count). The molecule has 3 aromatic rings. The van der Waals surface area contributed by atoms with Gasteiger partial charge in [-0.3, -0.25) is 0 Å². The van der Waals surface area contributed by atoms with Crippen LogP contribution in [0.4, 0.5) is 4.39 Å². The maximum Gasteiger partial charge on any atom is 0.123 e. The van der Waals surface area contributed by atoms with E-state index < -0.39 is 0 Å². The van der Waals surface area contributed by atoms with Gasteiger partial charge in [0.05, 0.1) is 0 Å². The lowest BCUT2D eigenvalue weighted by Crippen LogP contribution is -2.17. The van der Waals surface area contributed by atoms with E-state index in [2.05, 4.69) is 29.6 Å². The minimum absolute atomic E-state index is 0.187. The quantitative estimate of drug-likeness (QED) is 0.646. The zero-order valence-electron chi connectivity index (χ0n) is 14.6. The molecule has 0 bridgehead atoms. The Kier molecular flexibility index (Phi) is 4.98. The Bertz CT molecular complexity index is 830. The highest BCUT2D eigenvalue weighted by Crippen LogP contribution is 2.41. The molecule has 0 aliphatic heterocycles. The Morgan fingerprint density at radius 2 is 1.58 bits per heavy atom. The summed E-state index contributed by atoms with van der Waals surface area (Å²) in [6.07, 6.45) is 1.14. The first-order valence-corrected chi connectivity index (χ1v) is 9.02. The first-order chi connectivity index (χ1) is 12.8. The van der Waals surface area contributed by atoms with Crippen molar-refractivity contribution in [3.8, 4) is 5.75 Å². The molecule has 132 valence electrons. The van der Waals surface area contributed by atoms with Crippen LogP contribution in [-0.2, 0) is 13.2 Å². The molecule has 0 radical (unpaired) electrons. The predicted octanol–water partition coefficient (Wildman–Crippen LogP) is 5.05. The highest BCUT2D eigenvalue weighted by atomic mass is 19.1. The van der Waals surface area contributed by atoms with Crippen LogP contribution in [0, 0.1) is 5.82 Å². The molecule has 1 fully saturated rings. The third kappa shape index (κ3) is 4.30. The van der Waals surface area contributed by atoms with Crippen molar-refractivity contribution in [3.63, 3.8) is 0 Å². The van der Waals surface area contributed by atoms with Crippen molar-refractivity contribution in [2.45, 2.75) is 31.5 Å². The van der Waals surface area contributed by atoms with E-state index in [0.29, 0.717) is 18.6 Å². The van der Waals surface area contributed by atoms with Gasteiger partial charge in [-0.2, -0.15) is 0 Å². The lowest BCUT2D eigenvalue weighted by atomic mass is 10.1. The van der Waals surface area contributed by atoms with Gasteiger partial charge in [-0.15, -0.1) is 0 Å². The molecule has 0 saturated heterocycles. The Morgan fingerprint density at radius 3 is 2.31 bits per heavy atom. The summed E-state index contributed by atoms with van der Waals surface area (Å²) in [4.78, 5) is 0. The first kappa shape index (κ1) is 16.8. The molecule has 0 aromatic heterocycles. The van der Waals surface area contributed by atoms with Crippen LogP contribution in [0.25, 0.3) is 0 Å². The van der Waals surface area contributed by atoms with Gasteiger partial charge < -0.3 is 10.1 Å². The van der Waals surface area contributed by atoms with Gasteiger partial charge in [0, 0.05) is 18.5 Å². The molecule has 2 unspecified atom stereocenters. The Morgan fingerprint density at radius 1 is 0.846 bits per heavy atom. The van der Waals surface area contributed by atoms with Gasteiger partial charge in [-0.1, -0.05) is 54.6 Å². The summed E-state index contributed by atoms with van der Waals surface area (Å²) in [5.41, 5.74) is 3.62. The summed E-state index contributed by atoms with van der Waals surface area (Å²) in [5, 5.41) is 3.55. The minimum Gasteiger partial charge on any atom is -0.489 e. The molecule has 1 saturated carbocycles. The molecule has 1 N–H and O–H groups in total. The largest absolute Gasteiger partial charge is 0.489 e. The number of benzene rings is 3. The molecular formula is C23H22FNO. The normalized spacial score (nSPS) is 18.5. The van der Waals surface area contributed by atoms with Crippen molar-refractivity contribution in [2.75, 3.05) is 0 Å². The van der Waals surface area contributed by atoms with E-state index in [4.69, 9.17) is 4.74 Å². The van der Waals surface area contributed by atoms with Crippen molar-refractivity contribution < 1.29 is 9.13 Å². The highest BCUT2D eigenvalue weighted by molar-refractivity contribution is 5.34. The fraction of sp³-hybridized carbons (Fsp3) is 0.217. The second kappa shape index (κ2) is 7.71. The summed E-state index contributed by atoms with van der Waals surface area (Å²) in [6, 6.07) is 25.8. The minimum atomic E-state index is -0.187. The molecule has 2 atom stereocenters. The van der Waals surface area contributed by atoms with Crippen LogP contribution >= 0.6 is 0 Å². The highest BCUT2D eigenvalue weighted by Gasteiger charge is 2.37. The van der Waals surface area contributed by atoms with Gasteiger partial charge in [-0.05, 0) is 47.4 Å². The van der Waals surface area contributed by atoms with Crippen LogP contribution in [-0.4, -0.2) is 6.04 Å². The monoisotopic (exact) mass is 347 g/mol. The van der Waals surface area contributed by atoms with E-state index in [1.165, 1.54) is 23.3 Å². The van der Waals surface area contributed by atoms with Crippen molar-refractivity contribution in [1.82, 2.24) is 5.32 Å². The lowest BCUT2D eigenvalue weighted by Gasteiger charge is -2.08. The maximum absolute atomic E-state index is 12.9. The van der Waals surface area contributed by atoms with Gasteiger partial charge in [0.15, 0.2) is 0 Å². The van der Waals surface area contributed by atoms with Gasteiger partial charge in [0.25, 0.3) is 0 Å². The second-order valence-electron chi connectivity index (χ2n) is 6.80. The predicted molar refractivity (Wildman–Crippen MR) is 102 cm³/mol. The number of ether oxygens (including phenoxy) is 1. The number of hydrogen-bond acceptors (Lipinski definition) is 2. The van der Waals surface area contributed by atoms with Crippen LogP contribution in [0.1, 0.15) is 29.0 Å². The molecule has 0 heterocycles. The molecule has 1 aliphatic rings. The SMILES string of the molecule is Fc1ccc(CNC2CC2c2ccc(OCc3ccccc3)cc2)cc1. The Labute approximate surface area is 153 Å². The third-order valence-corrected chi connectivity index (χ3v) is 4.83. The molecular weight excluding hydrogens is 325 g/mol. The van der Waals surface area contributed by atoms with Gasteiger partial charge in [0.2, 0.25) is 0 Å². The first-order valence-electron chi connectivity index (χ1n) is 9.02. The molecule has 2 nitrogen and oxygen atoms in total. The third-order valence-electron chi connectivity index (χ3n) is 4.83. The fourth-order valence-electron chi connectivity index (χ4n) is 3.19. The van der Waals surface area contributed by atoms with Crippen molar-refractivity contribution in [1.29, 1.82) is 0 Å². The number of halogens is 1. The molecule has 0 amide bonds. The van der Waals surface area contributed by atoms with Crippen LogP contribution in [0.5, 0.6) is 5.75 Å². The average Bonchev–Trinajstić information content (AvgIpc) is 3.47. The molecule has 0 spiro atoms. The van der Waals surface area contributed by atoms with E-state index in [1.54, 1.807) is 0 Å². The molecule has 1 aliphatic carbocycles. The second-order valence-corrected chi connectivity index (χ2v) is 6.80. The molecule has 26 heavy (non-hydrogen) atoms. The number of nitrogens with one attached hydrogen (secondary N) is 1. The van der Waals surface area contributed by atoms with Gasteiger partial charge >= 0.3 is 0 Å². The average molecular weight is 347 g/mol. The van der Waals surface area contributed by atoms with Crippen LogP contribution in [0.15, 0.2) is 78.9 Å². The van der Waals surface area contributed by atoms with Crippen LogP contribution < -0.4 is 10.1 Å². The van der Waals surface area contributed by atoms with Gasteiger partial charge in [-0.25, -0.2) is 4.39 Å². The van der Waals surface area contributed by atoms with E-state index in [0.717, 1.165) is 24.3 Å². The Hall–Kier alpha value is -2.65. The van der Waals surface area contributed by atoms with E-state index in [9.17, 15) is 4.39 Å². The van der Waals surface area contributed by atoms with E-state index in [-0.39, 0.29) is 5.82 Å². The summed E-state index contributed by atoms with van der Waals surface area (Å²) < 4.78 is 18.8. The van der Waals surface area contributed by atoms with Crippen LogP contribution in [0.3, 0.4) is 0 Å². The fourth-order valence-corrected chi connectivity index (χ4v) is 3.19. The van der Waals surface area contributed by atoms with Crippen molar-refractivity contribution >= 4 is 0 Å². The summed E-state index contributed by atoms with van der Waals surface area (Å²) in [7, 11) is 0. The van der Waals surface area contributed by atoms with Gasteiger partial charge in [0.1, 0.15) is 18.2 Å². The molecule has 3 aromatic carbocycles. The summed E-state index contributed by atoms with van der Waals surface area (Å²) >= 11 is 0. The maximum atomic E-state index is 12.9. The topological polar surface area (TPSA) is 21.3 Å². The number of rotatable bonds is 7. The Balaban J connectivity index is 1.26. The van der Waals surface area contributed by atoms with Crippen molar-refractivity contribution in [2.24, 2.45) is 0 Å². The zero-order valence-corrected chi connectivity index (χ0v) is 14.6. The van der Waals surface area contributed by atoms with E-state index in [1.807, 2.05) is 42.5 Å². The van der Waals surface area contributed by atoms with Crippen LogP contribution in [0.2, 0.25) is 0 Å². The summed E-state index contributed by atoms with van der Waals surface area (Å²) in [5.74, 6) is 1.26. The standard InChI is InChI=1S/C23H22FNO/c24-20-10-6-17(7-11-20)15-25-23-14-22(23)19-8-12-21(13-9-19)26-16-18-4-2-1-3-5-18/h1-13,22-23,25H,14-16H2. The smallest absolute Gasteiger partial charge is 0.123 e. The molecule has 3 heteroatoms. The zero-order chi connectivity index (χ0) is 17.8. The number of hydrogen-bond donors (Lipinski definition) is 1. The lowest BCUT2D eigenvalue weighted by molar-refractivity contribution is 0.306.